The molecule has 0 fully saturated rings. The van der Waals surface area contributed by atoms with Gasteiger partial charge in [-0.25, -0.2) is 4.98 Å². The Morgan fingerprint density at radius 3 is 1.20 bits per heavy atom. The standard InChI is InChI=1S/C61H43N5/c1-7-19-45(20-8-1)60-61(46-21-9-2-10-22-46)63-40-39-47(41-59(63)62-60)44-31-33-52(34-32-44)66-57-37-35-53(64(48-23-11-3-12-24-48)49-25-13-4-14-26-49)42-55(57)56-43-54(36-38-58(56)66)65(50-27-15-5-16-28-50)51-29-17-6-18-30-51/h1-43H. The topological polar surface area (TPSA) is 28.7 Å². The molecule has 0 aliphatic carbocycles. The van der Waals surface area contributed by atoms with E-state index in [0.29, 0.717) is 0 Å². The minimum atomic E-state index is 0.906. The van der Waals surface area contributed by atoms with Crippen LogP contribution >= 0.6 is 0 Å². The van der Waals surface area contributed by atoms with Gasteiger partial charge in [-0.2, -0.15) is 0 Å². The normalized spacial score (nSPS) is 11.3. The number of imidazole rings is 1. The maximum atomic E-state index is 5.24. The van der Waals surface area contributed by atoms with Gasteiger partial charge >= 0.3 is 0 Å². The fraction of sp³-hybridized carbons (Fsp3) is 0. The molecule has 0 saturated carbocycles. The summed E-state index contributed by atoms with van der Waals surface area (Å²) in [6, 6.07) is 90.6. The Hall–Kier alpha value is -8.93. The SMILES string of the molecule is c1ccc(-c2nc3cc(-c4ccc(-n5c6ccc(N(c7ccccc7)c7ccccc7)cc6c6cc(N(c7ccccc7)c7ccccc7)ccc65)cc4)ccn3c2-c2ccccc2)cc1. The number of para-hydroxylation sites is 4. The number of hydrogen-bond donors (Lipinski definition) is 0. The summed E-state index contributed by atoms with van der Waals surface area (Å²) in [5.41, 5.74) is 17.3. The summed E-state index contributed by atoms with van der Waals surface area (Å²) >= 11 is 0. The van der Waals surface area contributed by atoms with Crippen LogP contribution in [0.15, 0.2) is 261 Å². The number of pyridine rings is 1. The van der Waals surface area contributed by atoms with E-state index in [1.807, 2.05) is 6.07 Å². The number of aromatic nitrogens is 3. The average Bonchev–Trinajstić information content (AvgIpc) is 3.94. The lowest BCUT2D eigenvalue weighted by molar-refractivity contribution is 1.18. The first-order valence-corrected chi connectivity index (χ1v) is 22.4. The van der Waals surface area contributed by atoms with E-state index in [2.05, 4.69) is 274 Å². The first-order valence-electron chi connectivity index (χ1n) is 22.4. The largest absolute Gasteiger partial charge is 0.310 e. The fourth-order valence-electron chi connectivity index (χ4n) is 9.45. The van der Waals surface area contributed by atoms with Gasteiger partial charge in [0.05, 0.1) is 22.4 Å². The lowest BCUT2D eigenvalue weighted by Crippen LogP contribution is -2.09. The van der Waals surface area contributed by atoms with Crippen molar-refractivity contribution in [2.45, 2.75) is 0 Å². The Morgan fingerprint density at radius 1 is 0.318 bits per heavy atom. The third kappa shape index (κ3) is 6.96. The summed E-state index contributed by atoms with van der Waals surface area (Å²) in [6.07, 6.45) is 2.16. The van der Waals surface area contributed by atoms with E-state index in [1.165, 1.54) is 10.8 Å². The second-order valence-corrected chi connectivity index (χ2v) is 16.5. The van der Waals surface area contributed by atoms with Gasteiger partial charge in [-0.05, 0) is 120 Å². The highest BCUT2D eigenvalue weighted by atomic mass is 15.1. The first kappa shape index (κ1) is 38.7. The molecule has 312 valence electrons. The molecule has 0 atom stereocenters. The average molecular weight is 846 g/mol. The van der Waals surface area contributed by atoms with Crippen molar-refractivity contribution in [1.82, 2.24) is 14.0 Å². The number of rotatable bonds is 10. The Balaban J connectivity index is 1.01. The van der Waals surface area contributed by atoms with Crippen molar-refractivity contribution in [2.75, 3.05) is 9.80 Å². The zero-order valence-corrected chi connectivity index (χ0v) is 36.1. The molecular formula is C61H43N5. The Morgan fingerprint density at radius 2 is 0.742 bits per heavy atom. The molecule has 9 aromatic carbocycles. The summed E-state index contributed by atoms with van der Waals surface area (Å²) in [5, 5.41) is 2.33. The molecule has 0 radical (unpaired) electrons. The molecule has 12 aromatic rings. The minimum absolute atomic E-state index is 0.906. The zero-order valence-electron chi connectivity index (χ0n) is 36.1. The molecule has 0 spiro atoms. The number of benzene rings is 9. The highest BCUT2D eigenvalue weighted by Gasteiger charge is 2.21. The monoisotopic (exact) mass is 845 g/mol. The third-order valence-electron chi connectivity index (χ3n) is 12.5. The quantitative estimate of drug-likeness (QED) is 0.137. The van der Waals surface area contributed by atoms with Gasteiger partial charge in [0.1, 0.15) is 5.65 Å². The molecule has 0 aliphatic heterocycles. The van der Waals surface area contributed by atoms with Crippen molar-refractivity contribution < 1.29 is 0 Å². The predicted molar refractivity (Wildman–Crippen MR) is 275 cm³/mol. The zero-order chi connectivity index (χ0) is 43.8. The fourth-order valence-corrected chi connectivity index (χ4v) is 9.45. The Kier molecular flexibility index (Phi) is 9.77. The van der Waals surface area contributed by atoms with Crippen molar-refractivity contribution >= 4 is 61.6 Å². The maximum Gasteiger partial charge on any atom is 0.138 e. The van der Waals surface area contributed by atoms with Crippen LogP contribution in [0.5, 0.6) is 0 Å². The highest BCUT2D eigenvalue weighted by molar-refractivity contribution is 6.12. The molecule has 12 rings (SSSR count). The van der Waals surface area contributed by atoms with Crippen LogP contribution < -0.4 is 9.80 Å². The smallest absolute Gasteiger partial charge is 0.138 e. The van der Waals surface area contributed by atoms with E-state index in [0.717, 1.165) is 90.1 Å². The van der Waals surface area contributed by atoms with Crippen LogP contribution in [0.3, 0.4) is 0 Å². The Bertz CT molecular complexity index is 3390. The van der Waals surface area contributed by atoms with Gasteiger partial charge < -0.3 is 14.4 Å². The van der Waals surface area contributed by atoms with Gasteiger partial charge in [0.25, 0.3) is 0 Å². The van der Waals surface area contributed by atoms with E-state index in [9.17, 15) is 0 Å². The molecule has 5 nitrogen and oxygen atoms in total. The molecule has 0 aliphatic rings. The molecule has 0 N–H and O–H groups in total. The molecule has 0 unspecified atom stereocenters. The van der Waals surface area contributed by atoms with Crippen LogP contribution in [-0.4, -0.2) is 14.0 Å². The van der Waals surface area contributed by atoms with Gasteiger partial charge in [-0.15, -0.1) is 0 Å². The van der Waals surface area contributed by atoms with Gasteiger partial charge in [0.2, 0.25) is 0 Å². The van der Waals surface area contributed by atoms with E-state index < -0.39 is 0 Å². The molecule has 0 amide bonds. The number of fused-ring (bicyclic) bond motifs is 4. The van der Waals surface area contributed by atoms with Gasteiger partial charge in [0.15, 0.2) is 0 Å². The van der Waals surface area contributed by atoms with Crippen LogP contribution in [0, 0.1) is 0 Å². The molecule has 0 saturated heterocycles. The molecule has 5 heteroatoms. The van der Waals surface area contributed by atoms with E-state index in [-0.39, 0.29) is 0 Å². The first-order chi connectivity index (χ1) is 32.7. The van der Waals surface area contributed by atoms with E-state index in [1.54, 1.807) is 0 Å². The lowest BCUT2D eigenvalue weighted by Gasteiger charge is -2.26. The second-order valence-electron chi connectivity index (χ2n) is 16.5. The minimum Gasteiger partial charge on any atom is -0.310 e. The van der Waals surface area contributed by atoms with Gasteiger partial charge in [-0.1, -0.05) is 146 Å². The van der Waals surface area contributed by atoms with Crippen molar-refractivity contribution in [3.63, 3.8) is 0 Å². The summed E-state index contributed by atoms with van der Waals surface area (Å²) in [4.78, 5) is 9.91. The van der Waals surface area contributed by atoms with Crippen molar-refractivity contribution in [2.24, 2.45) is 0 Å². The van der Waals surface area contributed by atoms with Crippen molar-refractivity contribution in [3.8, 4) is 39.3 Å². The van der Waals surface area contributed by atoms with Gasteiger partial charge in [0, 0.05) is 67.9 Å². The van der Waals surface area contributed by atoms with Crippen molar-refractivity contribution in [1.29, 1.82) is 0 Å². The van der Waals surface area contributed by atoms with Crippen LogP contribution in [0.25, 0.3) is 66.8 Å². The molecular weight excluding hydrogens is 803 g/mol. The highest BCUT2D eigenvalue weighted by Crippen LogP contribution is 2.43. The Labute approximate surface area is 384 Å². The summed E-state index contributed by atoms with van der Waals surface area (Å²) in [5.74, 6) is 0. The second kappa shape index (κ2) is 16.6. The molecule has 3 heterocycles. The lowest BCUT2D eigenvalue weighted by atomic mass is 10.0. The van der Waals surface area contributed by atoms with E-state index in [4.69, 9.17) is 4.98 Å². The number of hydrogen-bond acceptors (Lipinski definition) is 3. The summed E-state index contributed by atoms with van der Waals surface area (Å²) < 4.78 is 4.62. The summed E-state index contributed by atoms with van der Waals surface area (Å²) in [7, 11) is 0. The van der Waals surface area contributed by atoms with Crippen LogP contribution in [0.4, 0.5) is 34.1 Å². The maximum absolute atomic E-state index is 5.24. The number of nitrogens with zero attached hydrogens (tertiary/aromatic N) is 5. The summed E-state index contributed by atoms with van der Waals surface area (Å²) in [6.45, 7) is 0. The van der Waals surface area contributed by atoms with Crippen LogP contribution in [0.2, 0.25) is 0 Å². The van der Waals surface area contributed by atoms with Crippen LogP contribution in [0.1, 0.15) is 0 Å². The number of anilines is 6. The van der Waals surface area contributed by atoms with Crippen molar-refractivity contribution in [3.05, 3.63) is 261 Å². The van der Waals surface area contributed by atoms with E-state index >= 15 is 0 Å². The molecule has 3 aromatic heterocycles. The molecule has 0 bridgehead atoms. The predicted octanol–water partition coefficient (Wildman–Crippen LogP) is 16.4. The molecule has 66 heavy (non-hydrogen) atoms. The van der Waals surface area contributed by atoms with Crippen LogP contribution in [-0.2, 0) is 0 Å². The van der Waals surface area contributed by atoms with Gasteiger partial charge in [-0.3, -0.25) is 4.40 Å². The third-order valence-corrected chi connectivity index (χ3v) is 12.5.